The van der Waals surface area contributed by atoms with Crippen molar-refractivity contribution in [3.63, 3.8) is 0 Å². The van der Waals surface area contributed by atoms with Crippen molar-refractivity contribution in [3.05, 3.63) is 41.7 Å². The van der Waals surface area contributed by atoms with Crippen molar-refractivity contribution in [2.45, 2.75) is 26.5 Å². The third-order valence-corrected chi connectivity index (χ3v) is 2.87. The van der Waals surface area contributed by atoms with Crippen LogP contribution >= 0.6 is 0 Å². The predicted molar refractivity (Wildman–Crippen MR) is 74.6 cm³/mol. The maximum atomic E-state index is 8.93. The van der Waals surface area contributed by atoms with E-state index in [2.05, 4.69) is 18.1 Å². The van der Waals surface area contributed by atoms with Crippen molar-refractivity contribution < 1.29 is 9.47 Å². The fourth-order valence-electron chi connectivity index (χ4n) is 1.89. The summed E-state index contributed by atoms with van der Waals surface area (Å²) in [7, 11) is 1.60. The summed E-state index contributed by atoms with van der Waals surface area (Å²) in [5, 5.41) is 13.1. The number of benzene rings is 1. The third kappa shape index (κ3) is 3.29. The van der Waals surface area contributed by atoms with Crippen LogP contribution in [0.2, 0.25) is 0 Å². The van der Waals surface area contributed by atoms with Crippen molar-refractivity contribution in [2.75, 3.05) is 7.11 Å². The zero-order valence-electron chi connectivity index (χ0n) is 11.7. The van der Waals surface area contributed by atoms with Crippen molar-refractivity contribution in [2.24, 2.45) is 0 Å². The van der Waals surface area contributed by atoms with E-state index < -0.39 is 0 Å². The quantitative estimate of drug-likeness (QED) is 0.810. The van der Waals surface area contributed by atoms with Crippen molar-refractivity contribution in [1.29, 1.82) is 5.26 Å². The van der Waals surface area contributed by atoms with E-state index in [-0.39, 0.29) is 0 Å². The van der Waals surface area contributed by atoms with Gasteiger partial charge in [-0.3, -0.25) is 4.68 Å². The number of nitrogens with zero attached hydrogens (tertiary/aromatic N) is 3. The van der Waals surface area contributed by atoms with E-state index in [0.717, 1.165) is 18.5 Å². The molecule has 104 valence electrons. The van der Waals surface area contributed by atoms with Crippen LogP contribution in [-0.2, 0) is 13.2 Å². The minimum atomic E-state index is 0.344. The first-order chi connectivity index (χ1) is 9.76. The fourth-order valence-corrected chi connectivity index (χ4v) is 1.89. The summed E-state index contributed by atoms with van der Waals surface area (Å²) in [6.45, 7) is 3.31. The first-order valence-electron chi connectivity index (χ1n) is 6.49. The van der Waals surface area contributed by atoms with Gasteiger partial charge in [-0.05, 0) is 24.6 Å². The number of aryl methyl sites for hydroxylation is 1. The highest BCUT2D eigenvalue weighted by Crippen LogP contribution is 2.21. The number of nitriles is 1. The van der Waals surface area contributed by atoms with E-state index in [1.165, 1.54) is 0 Å². The number of aromatic nitrogens is 2. The van der Waals surface area contributed by atoms with Crippen LogP contribution in [0.5, 0.6) is 11.5 Å². The molecular formula is C15H17N3O2. The molecule has 0 saturated heterocycles. The summed E-state index contributed by atoms with van der Waals surface area (Å²) in [4.78, 5) is 0. The van der Waals surface area contributed by atoms with E-state index >= 15 is 0 Å². The van der Waals surface area contributed by atoms with Gasteiger partial charge in [0.05, 0.1) is 31.1 Å². The Kier molecular flexibility index (Phi) is 4.61. The van der Waals surface area contributed by atoms with E-state index in [1.54, 1.807) is 31.5 Å². The Morgan fingerprint density at radius 3 is 2.95 bits per heavy atom. The molecule has 0 amide bonds. The normalized spacial score (nSPS) is 10.1. The molecule has 1 aromatic carbocycles. The zero-order chi connectivity index (χ0) is 14.4. The molecule has 0 radical (unpaired) electrons. The second-order valence-electron chi connectivity index (χ2n) is 4.37. The average molecular weight is 271 g/mol. The van der Waals surface area contributed by atoms with Crippen molar-refractivity contribution in [3.8, 4) is 17.6 Å². The van der Waals surface area contributed by atoms with Crippen LogP contribution in [0.25, 0.3) is 0 Å². The Hall–Kier alpha value is -2.48. The zero-order valence-corrected chi connectivity index (χ0v) is 11.7. The lowest BCUT2D eigenvalue weighted by Crippen LogP contribution is -1.99. The van der Waals surface area contributed by atoms with Crippen LogP contribution in [0.1, 0.15) is 24.5 Å². The molecular weight excluding hydrogens is 254 g/mol. The summed E-state index contributed by atoms with van der Waals surface area (Å²) < 4.78 is 12.8. The van der Waals surface area contributed by atoms with Gasteiger partial charge in [0.2, 0.25) is 0 Å². The highest BCUT2D eigenvalue weighted by atomic mass is 16.5. The Labute approximate surface area is 118 Å². The standard InChI is InChI=1S/C15H17N3O2/c1-3-6-18-10-14(9-17-18)20-11-13-7-12(8-16)4-5-15(13)19-2/h4-5,7,9-10H,3,6,11H2,1-2H3. The number of ether oxygens (including phenoxy) is 2. The van der Waals surface area contributed by atoms with E-state index in [9.17, 15) is 0 Å². The number of methoxy groups -OCH3 is 1. The van der Waals surface area contributed by atoms with E-state index in [4.69, 9.17) is 14.7 Å². The molecule has 1 aromatic heterocycles. The Balaban J connectivity index is 2.07. The van der Waals surface area contributed by atoms with Crippen LogP contribution < -0.4 is 9.47 Å². The molecule has 0 saturated carbocycles. The maximum absolute atomic E-state index is 8.93. The predicted octanol–water partition coefficient (Wildman–Crippen LogP) is 2.75. The smallest absolute Gasteiger partial charge is 0.157 e. The fraction of sp³-hybridized carbons (Fsp3) is 0.333. The lowest BCUT2D eigenvalue weighted by atomic mass is 10.1. The molecule has 0 unspecified atom stereocenters. The molecule has 5 heteroatoms. The van der Waals surface area contributed by atoms with Gasteiger partial charge in [0, 0.05) is 12.1 Å². The minimum Gasteiger partial charge on any atom is -0.496 e. The third-order valence-electron chi connectivity index (χ3n) is 2.87. The summed E-state index contributed by atoms with van der Waals surface area (Å²) in [6, 6.07) is 7.38. The lowest BCUT2D eigenvalue weighted by molar-refractivity contribution is 0.296. The van der Waals surface area contributed by atoms with Crippen LogP contribution in [-0.4, -0.2) is 16.9 Å². The molecule has 1 heterocycles. The first-order valence-corrected chi connectivity index (χ1v) is 6.49. The molecule has 5 nitrogen and oxygen atoms in total. The molecule has 2 aromatic rings. The molecule has 0 N–H and O–H groups in total. The van der Waals surface area contributed by atoms with Crippen LogP contribution in [0.3, 0.4) is 0 Å². The molecule has 0 bridgehead atoms. The highest BCUT2D eigenvalue weighted by molar-refractivity contribution is 5.41. The van der Waals surface area contributed by atoms with Gasteiger partial charge in [0.25, 0.3) is 0 Å². The average Bonchev–Trinajstić information content (AvgIpc) is 2.93. The number of hydrogen-bond donors (Lipinski definition) is 0. The van der Waals surface area contributed by atoms with Crippen LogP contribution in [0.15, 0.2) is 30.6 Å². The summed E-state index contributed by atoms with van der Waals surface area (Å²) in [5.74, 6) is 1.42. The molecule has 0 aliphatic rings. The topological polar surface area (TPSA) is 60.1 Å². The maximum Gasteiger partial charge on any atom is 0.157 e. The number of rotatable bonds is 6. The summed E-state index contributed by atoms with van der Waals surface area (Å²) >= 11 is 0. The second-order valence-corrected chi connectivity index (χ2v) is 4.37. The second kappa shape index (κ2) is 6.62. The Bertz CT molecular complexity index is 614. The summed E-state index contributed by atoms with van der Waals surface area (Å²) in [6.07, 6.45) is 4.58. The molecule has 0 fully saturated rings. The molecule has 0 aliphatic heterocycles. The molecule has 20 heavy (non-hydrogen) atoms. The van der Waals surface area contributed by atoms with Gasteiger partial charge in [-0.2, -0.15) is 10.4 Å². The van der Waals surface area contributed by atoms with Gasteiger partial charge in [-0.1, -0.05) is 6.92 Å². The monoisotopic (exact) mass is 271 g/mol. The van der Waals surface area contributed by atoms with Gasteiger partial charge in [-0.25, -0.2) is 0 Å². The van der Waals surface area contributed by atoms with Crippen LogP contribution in [0.4, 0.5) is 0 Å². The molecule has 0 spiro atoms. The van der Waals surface area contributed by atoms with E-state index in [1.807, 2.05) is 10.9 Å². The molecule has 0 atom stereocenters. The lowest BCUT2D eigenvalue weighted by Gasteiger charge is -2.09. The Morgan fingerprint density at radius 2 is 2.25 bits per heavy atom. The summed E-state index contributed by atoms with van der Waals surface area (Å²) in [5.41, 5.74) is 1.43. The van der Waals surface area contributed by atoms with E-state index in [0.29, 0.717) is 23.7 Å². The van der Waals surface area contributed by atoms with Gasteiger partial charge in [-0.15, -0.1) is 0 Å². The van der Waals surface area contributed by atoms with Crippen molar-refractivity contribution >= 4 is 0 Å². The minimum absolute atomic E-state index is 0.344. The SMILES string of the molecule is CCCn1cc(OCc2cc(C#N)ccc2OC)cn1. The van der Waals surface area contributed by atoms with Gasteiger partial charge < -0.3 is 9.47 Å². The van der Waals surface area contributed by atoms with Crippen molar-refractivity contribution in [1.82, 2.24) is 9.78 Å². The molecule has 2 rings (SSSR count). The first kappa shape index (κ1) is 13.9. The Morgan fingerprint density at radius 1 is 1.40 bits per heavy atom. The van der Waals surface area contributed by atoms with Crippen LogP contribution in [0, 0.1) is 11.3 Å². The van der Waals surface area contributed by atoms with Gasteiger partial charge >= 0.3 is 0 Å². The largest absolute Gasteiger partial charge is 0.496 e. The highest BCUT2D eigenvalue weighted by Gasteiger charge is 2.06. The van der Waals surface area contributed by atoms with Gasteiger partial charge in [0.1, 0.15) is 12.4 Å². The number of hydrogen-bond acceptors (Lipinski definition) is 4. The van der Waals surface area contributed by atoms with Gasteiger partial charge in [0.15, 0.2) is 5.75 Å². The molecule has 0 aliphatic carbocycles.